The number of hydrogen-bond acceptors (Lipinski definition) is 8. The number of nitrogens with zero attached hydrogens (tertiary/aromatic N) is 3. The van der Waals surface area contributed by atoms with Crippen molar-refractivity contribution in [1.82, 2.24) is 5.16 Å². The van der Waals surface area contributed by atoms with E-state index in [1.807, 2.05) is 0 Å². The van der Waals surface area contributed by atoms with Crippen molar-refractivity contribution in [2.75, 3.05) is 14.2 Å². The summed E-state index contributed by atoms with van der Waals surface area (Å²) in [5, 5.41) is 27.7. The first kappa shape index (κ1) is 25.4. The molecule has 12 heteroatoms. The zero-order valence-electron chi connectivity index (χ0n) is 16.5. The van der Waals surface area contributed by atoms with Crippen LogP contribution in [0.25, 0.3) is 22.6 Å². The molecule has 3 rings (SSSR count). The Morgan fingerprint density at radius 3 is 1.81 bits per heavy atom. The van der Waals surface area contributed by atoms with Gasteiger partial charge in [0.15, 0.2) is 17.4 Å². The maximum absolute atomic E-state index is 8.84. The summed E-state index contributed by atoms with van der Waals surface area (Å²) >= 11 is 0. The molecule has 166 valence electrons. The Morgan fingerprint density at radius 1 is 0.839 bits per heavy atom. The minimum absolute atomic E-state index is 0. The first-order chi connectivity index (χ1) is 14.0. The van der Waals surface area contributed by atoms with Gasteiger partial charge in [-0.05, 0) is 24.3 Å². The summed E-state index contributed by atoms with van der Waals surface area (Å²) in [7, 11) is 3.01. The van der Waals surface area contributed by atoms with Gasteiger partial charge in [0, 0.05) is 22.8 Å². The molecule has 0 amide bonds. The minimum atomic E-state index is -0.0383. The van der Waals surface area contributed by atoms with E-state index < -0.39 is 0 Å². The number of rotatable bonds is 6. The summed E-state index contributed by atoms with van der Waals surface area (Å²) in [6.45, 7) is 0. The fourth-order valence-electron chi connectivity index (χ4n) is 2.76. The summed E-state index contributed by atoms with van der Waals surface area (Å²) < 4.78 is 16.3. The fraction of sp³-hybridized carbons (Fsp3) is 0.105. The van der Waals surface area contributed by atoms with Crippen molar-refractivity contribution < 1.29 is 24.4 Å². The van der Waals surface area contributed by atoms with Crippen molar-refractivity contribution in [3.8, 4) is 34.1 Å². The van der Waals surface area contributed by atoms with Gasteiger partial charge in [-0.3, -0.25) is 0 Å². The van der Waals surface area contributed by atoms with Crippen molar-refractivity contribution in [1.29, 1.82) is 0 Å². The molecule has 0 radical (unpaired) electrons. The molecule has 0 aliphatic carbocycles. The molecule has 1 aromatic heterocycles. The minimum Gasteiger partial charge on any atom is -0.496 e. The summed E-state index contributed by atoms with van der Waals surface area (Å²) in [5.41, 5.74) is 14.0. The van der Waals surface area contributed by atoms with Gasteiger partial charge >= 0.3 is 0 Å². The standard InChI is InChI=1S/C19H19N5O5.2ClH/c1-27-15-7-10(18(20)22-25)3-5-12(15)14-9-17(29-24-14)13-6-4-11(19(21)23-26)8-16(13)28-2;;/h3-9,25-26H,1-2H3,(H2,20,22)(H2,21,23);2*1H. The van der Waals surface area contributed by atoms with Crippen LogP contribution in [0.2, 0.25) is 0 Å². The van der Waals surface area contributed by atoms with Crippen LogP contribution in [0.15, 0.2) is 57.3 Å². The number of amidine groups is 2. The van der Waals surface area contributed by atoms with Crippen molar-refractivity contribution >= 4 is 36.5 Å². The largest absolute Gasteiger partial charge is 0.496 e. The Balaban J connectivity index is 0.00000240. The van der Waals surface area contributed by atoms with Crippen LogP contribution in [0.3, 0.4) is 0 Å². The zero-order chi connectivity index (χ0) is 21.0. The normalized spacial score (nSPS) is 11.3. The van der Waals surface area contributed by atoms with Crippen LogP contribution in [-0.4, -0.2) is 41.5 Å². The third-order valence-corrected chi connectivity index (χ3v) is 4.26. The van der Waals surface area contributed by atoms with Gasteiger partial charge in [0.05, 0.1) is 19.8 Å². The fourth-order valence-corrected chi connectivity index (χ4v) is 2.76. The highest BCUT2D eigenvalue weighted by Crippen LogP contribution is 2.36. The summed E-state index contributed by atoms with van der Waals surface area (Å²) in [5.74, 6) is 1.31. The third-order valence-electron chi connectivity index (χ3n) is 4.26. The molecule has 0 spiro atoms. The Hall–Kier alpha value is -3.63. The highest BCUT2D eigenvalue weighted by atomic mass is 35.5. The van der Waals surface area contributed by atoms with Crippen molar-refractivity contribution in [2.45, 2.75) is 0 Å². The SMILES string of the molecule is COc1cc(/C(N)=N/O)ccc1-c1cc(-c2ccc(/C(N)=N/O)cc2OC)on1.Cl.Cl. The number of oxime groups is 2. The molecular weight excluding hydrogens is 449 g/mol. The van der Waals surface area contributed by atoms with E-state index in [0.717, 1.165) is 0 Å². The predicted octanol–water partition coefficient (Wildman–Crippen LogP) is 3.06. The second kappa shape index (κ2) is 11.0. The highest BCUT2D eigenvalue weighted by Gasteiger charge is 2.17. The lowest BCUT2D eigenvalue weighted by Crippen LogP contribution is -2.13. The van der Waals surface area contributed by atoms with Crippen molar-refractivity contribution in [3.63, 3.8) is 0 Å². The van der Waals surface area contributed by atoms with Crippen LogP contribution >= 0.6 is 24.8 Å². The smallest absolute Gasteiger partial charge is 0.171 e. The average molecular weight is 470 g/mol. The molecule has 0 fully saturated rings. The van der Waals surface area contributed by atoms with Gasteiger partial charge in [0.2, 0.25) is 0 Å². The highest BCUT2D eigenvalue weighted by molar-refractivity contribution is 5.99. The summed E-state index contributed by atoms with van der Waals surface area (Å²) in [6.07, 6.45) is 0. The molecular formula is C19H21Cl2N5O5. The van der Waals surface area contributed by atoms with E-state index in [4.69, 9.17) is 35.9 Å². The maximum Gasteiger partial charge on any atom is 0.171 e. The molecule has 0 atom stereocenters. The van der Waals surface area contributed by atoms with Crippen LogP contribution in [0.5, 0.6) is 11.5 Å². The lowest BCUT2D eigenvalue weighted by atomic mass is 10.0. The predicted molar refractivity (Wildman–Crippen MR) is 120 cm³/mol. The first-order valence-corrected chi connectivity index (χ1v) is 8.31. The summed E-state index contributed by atoms with van der Waals surface area (Å²) in [6, 6.07) is 11.8. The molecule has 0 aliphatic heterocycles. The lowest BCUT2D eigenvalue weighted by molar-refractivity contribution is 0.318. The average Bonchev–Trinajstić information content (AvgIpc) is 3.26. The number of benzene rings is 2. The quantitative estimate of drug-likeness (QED) is 0.185. The van der Waals surface area contributed by atoms with Gasteiger partial charge < -0.3 is 35.9 Å². The van der Waals surface area contributed by atoms with Crippen molar-refractivity contribution in [3.05, 3.63) is 53.6 Å². The monoisotopic (exact) mass is 469 g/mol. The van der Waals surface area contributed by atoms with Gasteiger partial charge in [-0.15, -0.1) is 24.8 Å². The molecule has 0 unspecified atom stereocenters. The van der Waals surface area contributed by atoms with E-state index in [0.29, 0.717) is 45.2 Å². The van der Waals surface area contributed by atoms with E-state index in [1.54, 1.807) is 42.5 Å². The van der Waals surface area contributed by atoms with Crippen LogP contribution < -0.4 is 20.9 Å². The van der Waals surface area contributed by atoms with Crippen LogP contribution in [0.1, 0.15) is 11.1 Å². The van der Waals surface area contributed by atoms with Crippen LogP contribution in [0, 0.1) is 0 Å². The van der Waals surface area contributed by atoms with E-state index in [-0.39, 0.29) is 36.5 Å². The molecule has 0 saturated carbocycles. The zero-order valence-corrected chi connectivity index (χ0v) is 18.1. The maximum atomic E-state index is 8.84. The molecule has 0 bridgehead atoms. The number of methoxy groups -OCH3 is 2. The Bertz CT molecular complexity index is 1020. The Kier molecular flexibility index (Phi) is 8.97. The van der Waals surface area contributed by atoms with E-state index in [9.17, 15) is 0 Å². The third kappa shape index (κ3) is 5.11. The molecule has 0 aliphatic rings. The number of halogens is 2. The van der Waals surface area contributed by atoms with Gasteiger partial charge in [0.25, 0.3) is 0 Å². The Morgan fingerprint density at radius 2 is 1.32 bits per heavy atom. The second-order valence-corrected chi connectivity index (χ2v) is 5.88. The van der Waals surface area contributed by atoms with Gasteiger partial charge in [-0.2, -0.15) is 0 Å². The van der Waals surface area contributed by atoms with Crippen molar-refractivity contribution in [2.24, 2.45) is 21.8 Å². The van der Waals surface area contributed by atoms with Gasteiger partial charge in [0.1, 0.15) is 17.2 Å². The first-order valence-electron chi connectivity index (χ1n) is 8.31. The number of aromatic nitrogens is 1. The number of nitrogens with two attached hydrogens (primary N) is 2. The molecule has 1 heterocycles. The van der Waals surface area contributed by atoms with Crippen LogP contribution in [-0.2, 0) is 0 Å². The van der Waals surface area contributed by atoms with E-state index in [1.165, 1.54) is 14.2 Å². The Labute approximate surface area is 189 Å². The van der Waals surface area contributed by atoms with E-state index >= 15 is 0 Å². The molecule has 3 aromatic rings. The number of ether oxygens (including phenoxy) is 2. The molecule has 0 saturated heterocycles. The second-order valence-electron chi connectivity index (χ2n) is 5.88. The van der Waals surface area contributed by atoms with Gasteiger partial charge in [-0.25, -0.2) is 0 Å². The number of hydrogen-bond donors (Lipinski definition) is 4. The van der Waals surface area contributed by atoms with E-state index in [2.05, 4.69) is 15.5 Å². The molecule has 6 N–H and O–H groups in total. The summed E-state index contributed by atoms with van der Waals surface area (Å²) in [4.78, 5) is 0. The molecule has 10 nitrogen and oxygen atoms in total. The van der Waals surface area contributed by atoms with Gasteiger partial charge in [-0.1, -0.05) is 27.6 Å². The van der Waals surface area contributed by atoms with Crippen LogP contribution in [0.4, 0.5) is 0 Å². The molecule has 2 aromatic carbocycles. The lowest BCUT2D eigenvalue weighted by Gasteiger charge is -2.08. The topological polar surface area (TPSA) is 162 Å². The molecule has 31 heavy (non-hydrogen) atoms.